The van der Waals surface area contributed by atoms with Crippen LogP contribution in [-0.4, -0.2) is 32.7 Å². The number of nitriles is 1. The van der Waals surface area contributed by atoms with E-state index in [0.717, 1.165) is 23.1 Å². The highest BCUT2D eigenvalue weighted by molar-refractivity contribution is 8.04. The van der Waals surface area contributed by atoms with Crippen LogP contribution in [-0.2, 0) is 14.6 Å². The number of hydrogen-bond donors (Lipinski definition) is 1. The molecule has 1 aromatic heterocycles. The molecule has 0 unspecified atom stereocenters. The fraction of sp³-hybridized carbons (Fsp3) is 0.278. The number of benzene rings is 1. The number of carbonyl (C=O) groups excluding carboxylic acids is 2. The Morgan fingerprint density at radius 3 is 2.43 bits per heavy atom. The fourth-order valence-corrected chi connectivity index (χ4v) is 4.98. The van der Waals surface area contributed by atoms with E-state index >= 15 is 0 Å². The molecule has 0 aliphatic heterocycles. The molecule has 1 amide bonds. The van der Waals surface area contributed by atoms with Crippen LogP contribution in [0.1, 0.15) is 39.4 Å². The van der Waals surface area contributed by atoms with Gasteiger partial charge in [0.1, 0.15) is 15.3 Å². The van der Waals surface area contributed by atoms with Crippen LogP contribution in [0.2, 0.25) is 0 Å². The SMILES string of the molecule is CCOC(=O)c1sc(NC(=O)c2ccc(S(=O)(=O)CC)cc2)c(SC#N)c1C. The average molecular weight is 439 g/mol. The molecule has 28 heavy (non-hydrogen) atoms. The van der Waals surface area contributed by atoms with Crippen LogP contribution in [0, 0.1) is 17.6 Å². The summed E-state index contributed by atoms with van der Waals surface area (Å²) in [6.07, 6.45) is 0. The van der Waals surface area contributed by atoms with Gasteiger partial charge in [-0.3, -0.25) is 4.79 Å². The number of sulfone groups is 1. The summed E-state index contributed by atoms with van der Waals surface area (Å²) < 4.78 is 28.8. The Morgan fingerprint density at radius 2 is 1.89 bits per heavy atom. The number of thioether (sulfide) groups is 1. The highest BCUT2D eigenvalue weighted by Gasteiger charge is 2.23. The Bertz CT molecular complexity index is 1030. The molecule has 7 nitrogen and oxygen atoms in total. The van der Waals surface area contributed by atoms with Crippen LogP contribution >= 0.6 is 23.1 Å². The van der Waals surface area contributed by atoms with Crippen molar-refractivity contribution in [1.82, 2.24) is 0 Å². The van der Waals surface area contributed by atoms with Gasteiger partial charge in [-0.05, 0) is 55.4 Å². The molecule has 0 fully saturated rings. The van der Waals surface area contributed by atoms with Crippen LogP contribution in [0.15, 0.2) is 34.1 Å². The average Bonchev–Trinajstić information content (AvgIpc) is 2.98. The zero-order valence-corrected chi connectivity index (χ0v) is 17.9. The number of nitrogens with zero attached hydrogens (tertiary/aromatic N) is 1. The normalized spacial score (nSPS) is 10.9. The van der Waals surface area contributed by atoms with Gasteiger partial charge in [-0.25, -0.2) is 13.2 Å². The second-order valence-electron chi connectivity index (χ2n) is 5.51. The Balaban J connectivity index is 2.31. The minimum Gasteiger partial charge on any atom is -0.462 e. The van der Waals surface area contributed by atoms with Crippen molar-refractivity contribution in [3.8, 4) is 5.40 Å². The lowest BCUT2D eigenvalue weighted by molar-refractivity contribution is 0.0531. The second kappa shape index (κ2) is 9.23. The number of amides is 1. The van der Waals surface area contributed by atoms with Gasteiger partial charge in [0.05, 0.1) is 22.2 Å². The van der Waals surface area contributed by atoms with Gasteiger partial charge in [-0.2, -0.15) is 5.26 Å². The number of nitrogens with one attached hydrogen (secondary N) is 1. The van der Waals surface area contributed by atoms with Crippen LogP contribution in [0.3, 0.4) is 0 Å². The van der Waals surface area contributed by atoms with E-state index in [2.05, 4.69) is 5.32 Å². The predicted molar refractivity (Wildman–Crippen MR) is 109 cm³/mol. The first kappa shape index (κ1) is 21.9. The van der Waals surface area contributed by atoms with Crippen LogP contribution in [0.5, 0.6) is 0 Å². The maximum atomic E-state index is 12.6. The van der Waals surface area contributed by atoms with E-state index in [4.69, 9.17) is 10.00 Å². The number of anilines is 1. The zero-order chi connectivity index (χ0) is 20.9. The van der Waals surface area contributed by atoms with E-state index in [1.54, 1.807) is 20.8 Å². The standard InChI is InChI=1S/C18H18N2O5S3/c1-4-25-18(22)15-11(3)14(26-10-19)17(27-15)20-16(21)12-6-8-13(9-7-12)28(23,24)5-2/h6-9H,4-5H2,1-3H3,(H,20,21). The van der Waals surface area contributed by atoms with E-state index in [0.29, 0.717) is 20.3 Å². The number of rotatable bonds is 7. The molecule has 1 aromatic carbocycles. The van der Waals surface area contributed by atoms with Crippen LogP contribution < -0.4 is 5.32 Å². The van der Waals surface area contributed by atoms with Crippen molar-refractivity contribution in [2.24, 2.45) is 0 Å². The molecule has 0 atom stereocenters. The smallest absolute Gasteiger partial charge is 0.348 e. The minimum atomic E-state index is -3.35. The topological polar surface area (TPSA) is 113 Å². The monoisotopic (exact) mass is 438 g/mol. The summed E-state index contributed by atoms with van der Waals surface area (Å²) in [6, 6.07) is 5.59. The van der Waals surface area contributed by atoms with Crippen molar-refractivity contribution in [1.29, 1.82) is 5.26 Å². The van der Waals surface area contributed by atoms with E-state index in [1.165, 1.54) is 24.3 Å². The Kier molecular flexibility index (Phi) is 7.23. The molecule has 10 heteroatoms. The van der Waals surface area contributed by atoms with Crippen LogP contribution in [0.4, 0.5) is 5.00 Å². The molecule has 0 saturated heterocycles. The lowest BCUT2D eigenvalue weighted by Gasteiger charge is -2.06. The quantitative estimate of drug-likeness (QED) is 0.397. The molecule has 1 heterocycles. The molecule has 0 aliphatic carbocycles. The number of thiophene rings is 1. The lowest BCUT2D eigenvalue weighted by atomic mass is 10.2. The summed E-state index contributed by atoms with van der Waals surface area (Å²) in [7, 11) is -3.35. The molecule has 0 aliphatic rings. The van der Waals surface area contributed by atoms with E-state index in [9.17, 15) is 18.0 Å². The summed E-state index contributed by atoms with van der Waals surface area (Å²) in [5, 5.41) is 14.0. The zero-order valence-electron chi connectivity index (χ0n) is 15.4. The van der Waals surface area contributed by atoms with E-state index in [1.807, 2.05) is 5.40 Å². The van der Waals surface area contributed by atoms with Gasteiger partial charge >= 0.3 is 5.97 Å². The summed E-state index contributed by atoms with van der Waals surface area (Å²) in [4.78, 5) is 25.6. The number of ether oxygens (including phenoxy) is 1. The van der Waals surface area contributed by atoms with Crippen molar-refractivity contribution in [3.05, 3.63) is 40.3 Å². The number of hydrogen-bond acceptors (Lipinski definition) is 8. The number of thiocyanates is 1. The summed E-state index contributed by atoms with van der Waals surface area (Å²) in [5.74, 6) is -1.02. The molecule has 1 N–H and O–H groups in total. The second-order valence-corrected chi connectivity index (χ2v) is 9.60. The molecule has 148 valence electrons. The maximum Gasteiger partial charge on any atom is 0.348 e. The number of esters is 1. The fourth-order valence-electron chi connectivity index (χ4n) is 2.30. The van der Waals surface area contributed by atoms with Crippen LogP contribution in [0.25, 0.3) is 0 Å². The van der Waals surface area contributed by atoms with E-state index in [-0.39, 0.29) is 22.8 Å². The number of carbonyl (C=O) groups is 2. The third-order valence-corrected chi connectivity index (χ3v) is 7.66. The maximum absolute atomic E-state index is 12.6. The molecule has 0 bridgehead atoms. The summed E-state index contributed by atoms with van der Waals surface area (Å²) in [6.45, 7) is 5.13. The third kappa shape index (κ3) is 4.73. The van der Waals surface area contributed by atoms with Gasteiger partial charge < -0.3 is 10.1 Å². The highest BCUT2D eigenvalue weighted by atomic mass is 32.2. The van der Waals surface area contributed by atoms with Gasteiger partial charge in [-0.15, -0.1) is 11.3 Å². The van der Waals surface area contributed by atoms with Crippen molar-refractivity contribution >= 4 is 49.8 Å². The molecular weight excluding hydrogens is 420 g/mol. The van der Waals surface area contributed by atoms with E-state index < -0.39 is 21.7 Å². The minimum absolute atomic E-state index is 0.0294. The molecule has 2 rings (SSSR count). The van der Waals surface area contributed by atoms with Gasteiger partial charge in [0.15, 0.2) is 9.84 Å². The van der Waals surface area contributed by atoms with Gasteiger partial charge in [-0.1, -0.05) is 6.92 Å². The summed E-state index contributed by atoms with van der Waals surface area (Å²) in [5.41, 5.74) is 0.821. The Hall–Kier alpha value is -2.35. The van der Waals surface area contributed by atoms with Gasteiger partial charge in [0, 0.05) is 5.56 Å². The van der Waals surface area contributed by atoms with Crippen molar-refractivity contribution < 1.29 is 22.7 Å². The largest absolute Gasteiger partial charge is 0.462 e. The highest BCUT2D eigenvalue weighted by Crippen LogP contribution is 2.40. The lowest BCUT2D eigenvalue weighted by Crippen LogP contribution is -2.12. The van der Waals surface area contributed by atoms with Crippen molar-refractivity contribution in [2.45, 2.75) is 30.6 Å². The van der Waals surface area contributed by atoms with Crippen molar-refractivity contribution in [3.63, 3.8) is 0 Å². The van der Waals surface area contributed by atoms with Gasteiger partial charge in [0.25, 0.3) is 5.91 Å². The Labute approximate surface area is 171 Å². The predicted octanol–water partition coefficient (Wildman–Crippen LogP) is 3.85. The van der Waals surface area contributed by atoms with Gasteiger partial charge in [0.2, 0.25) is 0 Å². The first-order chi connectivity index (χ1) is 13.2. The molecular formula is C18H18N2O5S3. The molecule has 2 aromatic rings. The third-order valence-electron chi connectivity index (χ3n) is 3.78. The first-order valence-electron chi connectivity index (χ1n) is 8.25. The summed E-state index contributed by atoms with van der Waals surface area (Å²) >= 11 is 1.88. The Morgan fingerprint density at radius 1 is 1.25 bits per heavy atom. The first-order valence-corrected chi connectivity index (χ1v) is 11.5. The molecule has 0 radical (unpaired) electrons. The van der Waals surface area contributed by atoms with Crippen molar-refractivity contribution in [2.75, 3.05) is 17.7 Å². The molecule has 0 saturated carbocycles. The molecule has 0 spiro atoms.